The summed E-state index contributed by atoms with van der Waals surface area (Å²) in [4.78, 5) is 11.7. The smallest absolute Gasteiger partial charge is 0.407 e. The molecule has 3 N–H and O–H groups in total. The molecule has 0 saturated heterocycles. The maximum Gasteiger partial charge on any atom is 0.407 e. The largest absolute Gasteiger partial charge is 0.444 e. The lowest BCUT2D eigenvalue weighted by Gasteiger charge is -2.25. The van der Waals surface area contributed by atoms with Gasteiger partial charge in [-0.25, -0.2) is 9.18 Å². The Morgan fingerprint density at radius 3 is 2.38 bits per heavy atom. The number of halogens is 1. The SMILES string of the molecule is CC(c1ccc(F)cc1)C(CN)CNC(=O)OC(C)(C)C. The molecule has 0 fully saturated rings. The van der Waals surface area contributed by atoms with Crippen molar-refractivity contribution < 1.29 is 13.9 Å². The number of nitrogens with two attached hydrogens (primary N) is 1. The number of rotatable bonds is 5. The zero-order valence-corrected chi connectivity index (χ0v) is 13.2. The molecule has 5 heteroatoms. The number of hydrogen-bond donors (Lipinski definition) is 2. The van der Waals surface area contributed by atoms with Crippen molar-refractivity contribution in [3.8, 4) is 0 Å². The molecule has 0 spiro atoms. The van der Waals surface area contributed by atoms with Crippen molar-refractivity contribution >= 4 is 6.09 Å². The molecule has 1 amide bonds. The molecule has 118 valence electrons. The third kappa shape index (κ3) is 6.12. The summed E-state index contributed by atoms with van der Waals surface area (Å²) in [6, 6.07) is 6.35. The number of alkyl carbamates (subject to hydrolysis) is 1. The number of carbonyl (C=O) groups is 1. The first-order valence-corrected chi connectivity index (χ1v) is 7.15. The van der Waals surface area contributed by atoms with E-state index in [-0.39, 0.29) is 17.7 Å². The molecule has 0 saturated carbocycles. The fourth-order valence-electron chi connectivity index (χ4n) is 2.03. The summed E-state index contributed by atoms with van der Waals surface area (Å²) >= 11 is 0. The van der Waals surface area contributed by atoms with Gasteiger partial charge in [-0.2, -0.15) is 0 Å². The number of carbonyl (C=O) groups excluding carboxylic acids is 1. The zero-order valence-electron chi connectivity index (χ0n) is 13.2. The number of hydrogen-bond acceptors (Lipinski definition) is 3. The van der Waals surface area contributed by atoms with E-state index in [2.05, 4.69) is 5.32 Å². The van der Waals surface area contributed by atoms with E-state index in [1.807, 2.05) is 27.7 Å². The second-order valence-corrected chi connectivity index (χ2v) is 6.22. The summed E-state index contributed by atoms with van der Waals surface area (Å²) in [5.74, 6) is -0.0874. The Hall–Kier alpha value is -1.62. The lowest BCUT2D eigenvalue weighted by atomic mass is 9.87. The van der Waals surface area contributed by atoms with Gasteiger partial charge in [0, 0.05) is 6.54 Å². The van der Waals surface area contributed by atoms with E-state index >= 15 is 0 Å². The first-order valence-electron chi connectivity index (χ1n) is 7.15. The van der Waals surface area contributed by atoms with Crippen LogP contribution in [0.5, 0.6) is 0 Å². The summed E-state index contributed by atoms with van der Waals surface area (Å²) in [7, 11) is 0. The molecule has 0 aromatic heterocycles. The van der Waals surface area contributed by atoms with Crippen LogP contribution in [-0.4, -0.2) is 24.8 Å². The van der Waals surface area contributed by atoms with Gasteiger partial charge < -0.3 is 15.8 Å². The normalized spacial score (nSPS) is 14.4. The molecular formula is C16H25FN2O2. The molecule has 1 aromatic rings. The lowest BCUT2D eigenvalue weighted by Crippen LogP contribution is -2.38. The first kappa shape index (κ1) is 17.4. The average molecular weight is 296 g/mol. The molecule has 4 nitrogen and oxygen atoms in total. The number of ether oxygens (including phenoxy) is 1. The minimum Gasteiger partial charge on any atom is -0.444 e. The van der Waals surface area contributed by atoms with E-state index in [1.165, 1.54) is 12.1 Å². The maximum atomic E-state index is 12.9. The van der Waals surface area contributed by atoms with E-state index in [9.17, 15) is 9.18 Å². The van der Waals surface area contributed by atoms with Gasteiger partial charge in [0.25, 0.3) is 0 Å². The molecule has 0 heterocycles. The van der Waals surface area contributed by atoms with Crippen LogP contribution in [0.15, 0.2) is 24.3 Å². The molecule has 0 aliphatic rings. The standard InChI is InChI=1S/C16H25FN2O2/c1-11(12-5-7-14(17)8-6-12)13(9-18)10-19-15(20)21-16(2,3)4/h5-8,11,13H,9-10,18H2,1-4H3,(H,19,20). The Morgan fingerprint density at radius 2 is 1.90 bits per heavy atom. The van der Waals surface area contributed by atoms with Gasteiger partial charge in [-0.15, -0.1) is 0 Å². The van der Waals surface area contributed by atoms with Crippen LogP contribution in [0.25, 0.3) is 0 Å². The molecule has 1 aromatic carbocycles. The molecular weight excluding hydrogens is 271 g/mol. The van der Waals surface area contributed by atoms with Gasteiger partial charge in [-0.05, 0) is 56.8 Å². The number of nitrogens with one attached hydrogen (secondary N) is 1. The number of amides is 1. The molecule has 0 radical (unpaired) electrons. The summed E-state index contributed by atoms with van der Waals surface area (Å²) in [6.07, 6.45) is -0.452. The minimum absolute atomic E-state index is 0.0583. The predicted molar refractivity (Wildman–Crippen MR) is 81.6 cm³/mol. The van der Waals surface area contributed by atoms with Gasteiger partial charge in [0.05, 0.1) is 0 Å². The van der Waals surface area contributed by atoms with Crippen LogP contribution < -0.4 is 11.1 Å². The lowest BCUT2D eigenvalue weighted by molar-refractivity contribution is 0.0518. The summed E-state index contributed by atoms with van der Waals surface area (Å²) in [5, 5.41) is 2.74. The molecule has 0 aliphatic heterocycles. The van der Waals surface area contributed by atoms with Crippen LogP contribution in [0.3, 0.4) is 0 Å². The Labute approximate surface area is 125 Å². The van der Waals surface area contributed by atoms with Crippen molar-refractivity contribution in [1.29, 1.82) is 0 Å². The van der Waals surface area contributed by atoms with Crippen molar-refractivity contribution in [2.24, 2.45) is 11.7 Å². The van der Waals surface area contributed by atoms with E-state index in [1.54, 1.807) is 12.1 Å². The van der Waals surface area contributed by atoms with Gasteiger partial charge in [0.2, 0.25) is 0 Å². The Kier molecular flexibility index (Phi) is 6.15. The van der Waals surface area contributed by atoms with Crippen molar-refractivity contribution in [3.05, 3.63) is 35.6 Å². The second-order valence-electron chi connectivity index (χ2n) is 6.22. The minimum atomic E-state index is -0.523. The Balaban J connectivity index is 2.58. The van der Waals surface area contributed by atoms with Crippen molar-refractivity contribution in [2.45, 2.75) is 39.2 Å². The van der Waals surface area contributed by atoms with Crippen molar-refractivity contribution in [3.63, 3.8) is 0 Å². The summed E-state index contributed by atoms with van der Waals surface area (Å²) < 4.78 is 18.1. The van der Waals surface area contributed by atoms with Crippen LogP contribution in [0.4, 0.5) is 9.18 Å². The number of benzene rings is 1. The monoisotopic (exact) mass is 296 g/mol. The van der Waals surface area contributed by atoms with Gasteiger partial charge in [0.15, 0.2) is 0 Å². The molecule has 2 atom stereocenters. The third-order valence-corrected chi connectivity index (χ3v) is 3.31. The fourth-order valence-corrected chi connectivity index (χ4v) is 2.03. The topological polar surface area (TPSA) is 64.3 Å². The van der Waals surface area contributed by atoms with E-state index in [0.717, 1.165) is 5.56 Å². The van der Waals surface area contributed by atoms with Crippen LogP contribution in [0.1, 0.15) is 39.2 Å². The first-order chi connectivity index (χ1) is 9.73. The average Bonchev–Trinajstić information content (AvgIpc) is 2.38. The highest BCUT2D eigenvalue weighted by atomic mass is 19.1. The van der Waals surface area contributed by atoms with E-state index in [4.69, 9.17) is 10.5 Å². The van der Waals surface area contributed by atoms with Gasteiger partial charge >= 0.3 is 6.09 Å². The Bertz CT molecular complexity index is 454. The fraction of sp³-hybridized carbons (Fsp3) is 0.562. The zero-order chi connectivity index (χ0) is 16.0. The molecule has 2 unspecified atom stereocenters. The van der Waals surface area contributed by atoms with Gasteiger partial charge in [0.1, 0.15) is 11.4 Å². The van der Waals surface area contributed by atoms with Crippen LogP contribution in [0.2, 0.25) is 0 Å². The van der Waals surface area contributed by atoms with E-state index in [0.29, 0.717) is 13.1 Å². The molecule has 21 heavy (non-hydrogen) atoms. The summed E-state index contributed by atoms with van der Waals surface area (Å²) in [5.41, 5.74) is 6.26. The predicted octanol–water partition coefficient (Wildman–Crippen LogP) is 3.03. The van der Waals surface area contributed by atoms with Crippen molar-refractivity contribution in [1.82, 2.24) is 5.32 Å². The summed E-state index contributed by atoms with van der Waals surface area (Å²) in [6.45, 7) is 8.30. The quantitative estimate of drug-likeness (QED) is 0.878. The highest BCUT2D eigenvalue weighted by molar-refractivity contribution is 5.67. The highest BCUT2D eigenvalue weighted by Crippen LogP contribution is 2.23. The van der Waals surface area contributed by atoms with Gasteiger partial charge in [-0.1, -0.05) is 19.1 Å². The Morgan fingerprint density at radius 1 is 1.33 bits per heavy atom. The van der Waals surface area contributed by atoms with Gasteiger partial charge in [-0.3, -0.25) is 0 Å². The molecule has 0 bridgehead atoms. The van der Waals surface area contributed by atoms with E-state index < -0.39 is 11.7 Å². The van der Waals surface area contributed by atoms with Crippen molar-refractivity contribution in [2.75, 3.05) is 13.1 Å². The maximum absolute atomic E-state index is 12.9. The molecule has 1 rings (SSSR count). The second kappa shape index (κ2) is 7.41. The van der Waals surface area contributed by atoms with Crippen LogP contribution in [-0.2, 0) is 4.74 Å². The van der Waals surface area contributed by atoms with Crippen LogP contribution >= 0.6 is 0 Å². The highest BCUT2D eigenvalue weighted by Gasteiger charge is 2.21. The van der Waals surface area contributed by atoms with Crippen LogP contribution in [0, 0.1) is 11.7 Å². The molecule has 0 aliphatic carbocycles. The third-order valence-electron chi connectivity index (χ3n) is 3.31.